The molecular weight excluding hydrogens is 512 g/mol. The largest absolute Gasteiger partial charge is 0.481 e. The van der Waals surface area contributed by atoms with Crippen molar-refractivity contribution in [3.63, 3.8) is 0 Å². The minimum Gasteiger partial charge on any atom is -0.481 e. The zero-order valence-corrected chi connectivity index (χ0v) is 24.9. The van der Waals surface area contributed by atoms with Gasteiger partial charge in [0.05, 0.1) is 25.0 Å². The third kappa shape index (κ3) is 8.78. The summed E-state index contributed by atoms with van der Waals surface area (Å²) in [5.41, 5.74) is 2.82. The van der Waals surface area contributed by atoms with Crippen LogP contribution < -0.4 is 5.32 Å². The van der Waals surface area contributed by atoms with Crippen LogP contribution in [0.4, 0.5) is 4.79 Å². The number of carbonyl (C=O) groups excluding carboxylic acids is 3. The maximum atomic E-state index is 12.8. The Balaban J connectivity index is 1.43. The predicted molar refractivity (Wildman–Crippen MR) is 151 cm³/mol. The van der Waals surface area contributed by atoms with Crippen molar-refractivity contribution in [2.75, 3.05) is 13.2 Å². The summed E-state index contributed by atoms with van der Waals surface area (Å²) in [7, 11) is 0. The fraction of sp³-hybridized carbons (Fsp3) is 0.677. The molecule has 1 saturated heterocycles. The van der Waals surface area contributed by atoms with Gasteiger partial charge in [-0.1, -0.05) is 59.2 Å². The lowest BCUT2D eigenvalue weighted by Gasteiger charge is -2.28. The molecule has 3 rings (SSSR count). The second kappa shape index (κ2) is 13.1. The van der Waals surface area contributed by atoms with Gasteiger partial charge in [0.2, 0.25) is 0 Å². The van der Waals surface area contributed by atoms with E-state index in [9.17, 15) is 24.3 Å². The molecule has 2 heterocycles. The highest BCUT2D eigenvalue weighted by Gasteiger charge is 2.35. The van der Waals surface area contributed by atoms with E-state index in [-0.39, 0.29) is 42.5 Å². The Kier molecular flexibility index (Phi) is 10.4. The average molecular weight is 559 g/mol. The molecule has 2 aliphatic rings. The minimum atomic E-state index is -0.981. The van der Waals surface area contributed by atoms with E-state index >= 15 is 0 Å². The van der Waals surface area contributed by atoms with Crippen molar-refractivity contribution in [2.45, 2.75) is 105 Å². The van der Waals surface area contributed by atoms with Gasteiger partial charge in [-0.05, 0) is 53.7 Å². The van der Waals surface area contributed by atoms with Crippen molar-refractivity contribution in [1.29, 1.82) is 0 Å². The molecule has 1 amide bonds. The van der Waals surface area contributed by atoms with Gasteiger partial charge in [0.1, 0.15) is 11.9 Å². The van der Waals surface area contributed by atoms with E-state index < -0.39 is 23.3 Å². The monoisotopic (exact) mass is 558 g/mol. The number of esters is 1. The number of carboxylic acids is 1. The summed E-state index contributed by atoms with van der Waals surface area (Å²) in [6.07, 6.45) is 3.43. The number of Topliss-reactive ketones (excluding diaryl/α,β-unsaturated/α-hetero) is 1. The molecule has 222 valence electrons. The molecule has 2 N–H and O–H groups in total. The number of nitrogens with one attached hydrogen (secondary N) is 1. The summed E-state index contributed by atoms with van der Waals surface area (Å²) in [6.45, 7) is 12.9. The second-order valence-electron chi connectivity index (χ2n) is 13.2. The number of carboxylic acid groups (broad SMARTS) is 1. The number of rotatable bonds is 12. The highest BCUT2D eigenvalue weighted by atomic mass is 16.6. The molecule has 1 aromatic carbocycles. The number of carbonyl (C=O) groups is 4. The third-order valence-corrected chi connectivity index (χ3v) is 8.07. The number of amides is 1. The molecule has 0 spiro atoms. The molecule has 2 aliphatic heterocycles. The molecule has 0 unspecified atom stereocenters. The van der Waals surface area contributed by atoms with Gasteiger partial charge in [-0.25, -0.2) is 4.79 Å². The summed E-state index contributed by atoms with van der Waals surface area (Å²) in [4.78, 5) is 50.0. The zero-order valence-electron chi connectivity index (χ0n) is 24.9. The van der Waals surface area contributed by atoms with E-state index in [2.05, 4.69) is 31.3 Å². The summed E-state index contributed by atoms with van der Waals surface area (Å²) in [5, 5.41) is 12.6. The Bertz CT molecular complexity index is 1090. The lowest BCUT2D eigenvalue weighted by molar-refractivity contribution is -0.156. The van der Waals surface area contributed by atoms with Crippen molar-refractivity contribution >= 4 is 23.8 Å². The van der Waals surface area contributed by atoms with Crippen LogP contribution in [0.3, 0.4) is 0 Å². The van der Waals surface area contributed by atoms with Crippen molar-refractivity contribution in [3.05, 3.63) is 34.9 Å². The van der Waals surface area contributed by atoms with Crippen LogP contribution in [-0.2, 0) is 43.4 Å². The topological polar surface area (TPSA) is 122 Å². The van der Waals surface area contributed by atoms with Gasteiger partial charge in [-0.15, -0.1) is 0 Å². The van der Waals surface area contributed by atoms with Gasteiger partial charge in [0, 0.05) is 26.1 Å². The van der Waals surface area contributed by atoms with Gasteiger partial charge in [0.25, 0.3) is 0 Å². The number of unbranched alkanes of at least 4 members (excludes halogenated alkanes) is 1. The quantitative estimate of drug-likeness (QED) is 0.275. The lowest BCUT2D eigenvalue weighted by Crippen LogP contribution is -2.32. The van der Waals surface area contributed by atoms with E-state index in [1.54, 1.807) is 11.8 Å². The van der Waals surface area contributed by atoms with Crippen LogP contribution in [0.25, 0.3) is 0 Å². The second-order valence-corrected chi connectivity index (χ2v) is 13.2. The molecule has 0 bridgehead atoms. The third-order valence-electron chi connectivity index (χ3n) is 8.07. The van der Waals surface area contributed by atoms with Crippen LogP contribution in [-0.4, -0.2) is 59.1 Å². The van der Waals surface area contributed by atoms with Crippen LogP contribution >= 0.6 is 0 Å². The van der Waals surface area contributed by atoms with Crippen LogP contribution in [0.15, 0.2) is 18.2 Å². The first-order valence-corrected chi connectivity index (χ1v) is 14.3. The van der Waals surface area contributed by atoms with E-state index in [1.165, 1.54) is 11.1 Å². The molecule has 0 radical (unpaired) electrons. The molecule has 3 atom stereocenters. The van der Waals surface area contributed by atoms with Gasteiger partial charge in [-0.2, -0.15) is 0 Å². The Hall–Kier alpha value is -2.94. The normalized spacial score (nSPS) is 19.7. The smallest absolute Gasteiger partial charge is 0.410 e. The fourth-order valence-corrected chi connectivity index (χ4v) is 5.43. The fourth-order valence-electron chi connectivity index (χ4n) is 5.43. The number of hydrogen-bond donors (Lipinski definition) is 2. The zero-order chi connectivity index (χ0) is 29.7. The van der Waals surface area contributed by atoms with Gasteiger partial charge in [-0.3, -0.25) is 19.3 Å². The minimum absolute atomic E-state index is 0.0612. The van der Waals surface area contributed by atoms with Crippen LogP contribution in [0.2, 0.25) is 0 Å². The summed E-state index contributed by atoms with van der Waals surface area (Å²) >= 11 is 0. The molecule has 0 saturated carbocycles. The van der Waals surface area contributed by atoms with Crippen molar-refractivity contribution in [2.24, 2.45) is 16.7 Å². The van der Waals surface area contributed by atoms with Gasteiger partial charge >= 0.3 is 18.0 Å². The highest BCUT2D eigenvalue weighted by Crippen LogP contribution is 2.31. The number of ketones is 1. The summed E-state index contributed by atoms with van der Waals surface area (Å²) in [5.74, 6) is -2.18. The van der Waals surface area contributed by atoms with Gasteiger partial charge in [0.15, 0.2) is 0 Å². The van der Waals surface area contributed by atoms with E-state index in [0.29, 0.717) is 26.1 Å². The number of aliphatic carboxylic acids is 1. The molecule has 9 heteroatoms. The first kappa shape index (κ1) is 31.6. The molecule has 1 aromatic rings. The SMILES string of the molecule is CC(=O)[C@@H]1C[C@@H](OC(=O)N2Cc3cccc(CCCCC(C)(C)COC(=O)C[C@H](C(=O)O)C(C)(C)C)c3C2)CN1. The maximum Gasteiger partial charge on any atom is 0.410 e. The number of hydrogen-bond acceptors (Lipinski definition) is 7. The Morgan fingerprint density at radius 1 is 1.10 bits per heavy atom. The van der Waals surface area contributed by atoms with Crippen LogP contribution in [0.5, 0.6) is 0 Å². The molecule has 9 nitrogen and oxygen atoms in total. The first-order chi connectivity index (χ1) is 18.7. The van der Waals surface area contributed by atoms with Crippen molar-refractivity contribution in [1.82, 2.24) is 10.2 Å². The Morgan fingerprint density at radius 2 is 1.82 bits per heavy atom. The predicted octanol–water partition coefficient (Wildman–Crippen LogP) is 4.88. The first-order valence-electron chi connectivity index (χ1n) is 14.3. The van der Waals surface area contributed by atoms with Crippen LogP contribution in [0, 0.1) is 16.7 Å². The number of benzene rings is 1. The average Bonchev–Trinajstić information content (AvgIpc) is 3.51. The summed E-state index contributed by atoms with van der Waals surface area (Å²) in [6, 6.07) is 5.97. The number of nitrogens with zero attached hydrogens (tertiary/aromatic N) is 1. The van der Waals surface area contributed by atoms with Crippen LogP contribution in [0.1, 0.15) is 90.3 Å². The van der Waals surface area contributed by atoms with E-state index in [1.807, 2.05) is 26.8 Å². The standard InChI is InChI=1S/C31H46N2O7/c1-20(34)26-14-23(16-32-26)40-29(38)33-17-22-12-9-11-21(24(22)18-33)10-7-8-13-31(5,6)19-39-27(35)15-25(28(36)37)30(2,3)4/h9,11-12,23,25-26,32H,7-8,10,13-19H2,1-6H3,(H,36,37)/t23-,25-,26+/m1/s1. The summed E-state index contributed by atoms with van der Waals surface area (Å²) < 4.78 is 11.2. The lowest BCUT2D eigenvalue weighted by atomic mass is 9.79. The molecule has 40 heavy (non-hydrogen) atoms. The highest BCUT2D eigenvalue weighted by molar-refractivity contribution is 5.82. The van der Waals surface area contributed by atoms with E-state index in [4.69, 9.17) is 9.47 Å². The van der Waals surface area contributed by atoms with Gasteiger partial charge < -0.3 is 19.9 Å². The number of fused-ring (bicyclic) bond motifs is 1. The number of aryl methyl sites for hydroxylation is 1. The van der Waals surface area contributed by atoms with E-state index in [0.717, 1.165) is 31.2 Å². The molecular formula is C31H46N2O7. The maximum absolute atomic E-state index is 12.8. The molecule has 0 aliphatic carbocycles. The van der Waals surface area contributed by atoms with Crippen molar-refractivity contribution in [3.8, 4) is 0 Å². The number of ether oxygens (including phenoxy) is 2. The molecule has 1 fully saturated rings. The molecule has 0 aromatic heterocycles. The van der Waals surface area contributed by atoms with Crippen molar-refractivity contribution < 1.29 is 33.8 Å². The Morgan fingerprint density at radius 3 is 2.45 bits per heavy atom. The Labute approximate surface area is 238 Å².